The van der Waals surface area contributed by atoms with Gasteiger partial charge in [-0.3, -0.25) is 4.79 Å². The smallest absolute Gasteiger partial charge is 0.188 e. The van der Waals surface area contributed by atoms with Gasteiger partial charge in [0.15, 0.2) is 16.6 Å². The van der Waals surface area contributed by atoms with Gasteiger partial charge in [-0.15, -0.1) is 0 Å². The lowest BCUT2D eigenvalue weighted by Crippen LogP contribution is -2.36. The van der Waals surface area contributed by atoms with Gasteiger partial charge in [0.2, 0.25) is 0 Å². The van der Waals surface area contributed by atoms with Gasteiger partial charge < -0.3 is 4.90 Å². The lowest BCUT2D eigenvalue weighted by Gasteiger charge is -2.22. The monoisotopic (exact) mass is 418 g/mol. The molecule has 1 aliphatic rings. The molecule has 0 amide bonds. The zero-order valence-electron chi connectivity index (χ0n) is 17.7. The number of hydrogen-bond donors (Lipinski definition) is 0. The highest BCUT2D eigenvalue weighted by Gasteiger charge is 2.33. The van der Waals surface area contributed by atoms with E-state index >= 15 is 0 Å². The minimum atomic E-state index is -0.598. The normalized spacial score (nSPS) is 16.7. The molecule has 0 bridgehead atoms. The van der Waals surface area contributed by atoms with Gasteiger partial charge in [0.05, 0.1) is 22.2 Å². The Balaban J connectivity index is 1.57. The fraction of sp³-hybridized carbons (Fsp3) is 0.417. The number of anilines is 1. The Morgan fingerprint density at radius 3 is 2.83 bits per heavy atom. The van der Waals surface area contributed by atoms with Crippen LogP contribution in [0.1, 0.15) is 49.8 Å². The number of thiazole rings is 1. The van der Waals surface area contributed by atoms with E-state index in [4.69, 9.17) is 4.98 Å². The van der Waals surface area contributed by atoms with Gasteiger partial charge >= 0.3 is 0 Å². The second-order valence-corrected chi connectivity index (χ2v) is 9.46. The van der Waals surface area contributed by atoms with Crippen molar-refractivity contribution >= 4 is 32.6 Å². The summed E-state index contributed by atoms with van der Waals surface area (Å²) < 4.78 is 1.01. The van der Waals surface area contributed by atoms with E-state index in [1.807, 2.05) is 39.0 Å². The van der Waals surface area contributed by atoms with Gasteiger partial charge in [-0.2, -0.15) is 10.2 Å². The number of rotatable bonds is 6. The van der Waals surface area contributed by atoms with Gasteiger partial charge in [-0.1, -0.05) is 41.7 Å². The number of ketones is 1. The summed E-state index contributed by atoms with van der Waals surface area (Å²) in [5, 5.41) is 10.4. The second-order valence-electron chi connectivity index (χ2n) is 8.49. The summed E-state index contributed by atoms with van der Waals surface area (Å²) in [5.41, 5.74) is 3.29. The summed E-state index contributed by atoms with van der Waals surface area (Å²) in [5.74, 6) is 0.284. The molecule has 3 aromatic rings. The van der Waals surface area contributed by atoms with E-state index in [-0.39, 0.29) is 11.8 Å². The minimum absolute atomic E-state index is 0.107. The molecule has 1 fully saturated rings. The van der Waals surface area contributed by atoms with E-state index in [1.54, 1.807) is 17.5 Å². The average Bonchev–Trinajstić information content (AvgIpc) is 3.40. The lowest BCUT2D eigenvalue weighted by atomic mass is 9.85. The third-order valence-corrected chi connectivity index (χ3v) is 7.19. The number of carbonyl (C=O) groups is 1. The molecule has 5 nitrogen and oxygen atoms in total. The number of aryl methyl sites for hydroxylation is 2. The number of pyridine rings is 1. The van der Waals surface area contributed by atoms with Crippen LogP contribution in [0.15, 0.2) is 36.5 Å². The van der Waals surface area contributed by atoms with Crippen molar-refractivity contribution in [2.45, 2.75) is 57.9 Å². The Labute approximate surface area is 181 Å². The molecule has 6 heteroatoms. The first-order valence-electron chi connectivity index (χ1n) is 10.4. The fourth-order valence-electron chi connectivity index (χ4n) is 4.20. The molecule has 0 saturated carbocycles. The van der Waals surface area contributed by atoms with Crippen LogP contribution in [0.25, 0.3) is 10.3 Å². The maximum Gasteiger partial charge on any atom is 0.188 e. The average molecular weight is 419 g/mol. The summed E-state index contributed by atoms with van der Waals surface area (Å²) in [6, 6.07) is 12.4. The van der Waals surface area contributed by atoms with Crippen molar-refractivity contribution in [1.82, 2.24) is 9.97 Å². The number of benzene rings is 1. The van der Waals surface area contributed by atoms with Crippen molar-refractivity contribution in [3.05, 3.63) is 53.2 Å². The Kier molecular flexibility index (Phi) is 5.57. The van der Waals surface area contributed by atoms with Gasteiger partial charge in [0.1, 0.15) is 0 Å². The molecular weight excluding hydrogens is 392 g/mol. The third-order valence-electron chi connectivity index (χ3n) is 5.98. The molecule has 3 heterocycles. The predicted molar refractivity (Wildman–Crippen MR) is 121 cm³/mol. The van der Waals surface area contributed by atoms with E-state index in [1.165, 1.54) is 5.56 Å². The minimum Gasteiger partial charge on any atom is -0.338 e. The number of nitrogens with zero attached hydrogens (tertiary/aromatic N) is 4. The summed E-state index contributed by atoms with van der Waals surface area (Å²) in [6.07, 6.45) is 4.97. The molecule has 1 aliphatic heterocycles. The SMILES string of the molecule is Cc1c(C(C)(C)C#N)cnc2nc(N3CCC[C@@H]3C(=O)CCc3ccccc3)sc12. The summed E-state index contributed by atoms with van der Waals surface area (Å²) in [7, 11) is 0. The molecule has 1 saturated heterocycles. The van der Waals surface area contributed by atoms with Crippen LogP contribution in [0, 0.1) is 18.3 Å². The molecular formula is C24H26N4OS. The third kappa shape index (κ3) is 3.82. The first-order chi connectivity index (χ1) is 14.4. The van der Waals surface area contributed by atoms with Crippen LogP contribution in [0.5, 0.6) is 0 Å². The Morgan fingerprint density at radius 2 is 2.10 bits per heavy atom. The molecule has 1 aromatic carbocycles. The number of carbonyl (C=O) groups excluding carboxylic acids is 1. The van der Waals surface area contributed by atoms with Crippen LogP contribution >= 0.6 is 11.3 Å². The predicted octanol–water partition coefficient (Wildman–Crippen LogP) is 4.97. The number of fused-ring (bicyclic) bond motifs is 1. The standard InChI is InChI=1S/C24H26N4OS/c1-16-18(24(2,3)15-25)14-26-22-21(16)30-23(27-22)28-13-7-10-19(28)20(29)12-11-17-8-5-4-6-9-17/h4-6,8-9,14,19H,7,10-13H2,1-3H3/t19-/m1/s1. The van der Waals surface area contributed by atoms with Gasteiger partial charge in [0, 0.05) is 19.2 Å². The molecule has 30 heavy (non-hydrogen) atoms. The van der Waals surface area contributed by atoms with E-state index in [0.29, 0.717) is 12.1 Å². The molecule has 154 valence electrons. The number of nitriles is 1. The molecule has 0 spiro atoms. The summed E-state index contributed by atoms with van der Waals surface area (Å²) >= 11 is 1.59. The highest BCUT2D eigenvalue weighted by Crippen LogP contribution is 2.37. The highest BCUT2D eigenvalue weighted by molar-refractivity contribution is 7.22. The maximum atomic E-state index is 13.0. The Bertz CT molecular complexity index is 1110. The number of aromatic nitrogens is 2. The van der Waals surface area contributed by atoms with Crippen molar-refractivity contribution in [2.24, 2.45) is 0 Å². The number of hydrogen-bond acceptors (Lipinski definition) is 6. The van der Waals surface area contributed by atoms with Crippen LogP contribution in [0.4, 0.5) is 5.13 Å². The summed E-state index contributed by atoms with van der Waals surface area (Å²) in [4.78, 5) is 24.4. The van der Waals surface area contributed by atoms with Crippen molar-refractivity contribution in [2.75, 3.05) is 11.4 Å². The van der Waals surface area contributed by atoms with Crippen LogP contribution in [-0.4, -0.2) is 28.3 Å². The number of Topliss-reactive ketones (excluding diaryl/α,β-unsaturated/α-hetero) is 1. The Morgan fingerprint density at radius 1 is 1.33 bits per heavy atom. The van der Waals surface area contributed by atoms with Gasteiger partial charge in [-0.25, -0.2) is 4.98 Å². The van der Waals surface area contributed by atoms with E-state index < -0.39 is 5.41 Å². The highest BCUT2D eigenvalue weighted by atomic mass is 32.1. The molecule has 4 rings (SSSR count). The van der Waals surface area contributed by atoms with Crippen molar-refractivity contribution in [3.63, 3.8) is 0 Å². The zero-order valence-corrected chi connectivity index (χ0v) is 18.5. The summed E-state index contributed by atoms with van der Waals surface area (Å²) in [6.45, 7) is 6.70. The van der Waals surface area contributed by atoms with Gasteiger partial charge in [0.25, 0.3) is 0 Å². The van der Waals surface area contributed by atoms with Crippen molar-refractivity contribution in [3.8, 4) is 6.07 Å². The van der Waals surface area contributed by atoms with Crippen LogP contribution in [0.3, 0.4) is 0 Å². The fourth-order valence-corrected chi connectivity index (χ4v) is 5.30. The molecule has 1 atom stereocenters. The van der Waals surface area contributed by atoms with Gasteiger partial charge in [-0.05, 0) is 56.7 Å². The maximum absolute atomic E-state index is 13.0. The zero-order chi connectivity index (χ0) is 21.3. The molecule has 0 radical (unpaired) electrons. The van der Waals surface area contributed by atoms with Crippen molar-refractivity contribution < 1.29 is 4.79 Å². The van der Waals surface area contributed by atoms with E-state index in [2.05, 4.69) is 28.1 Å². The van der Waals surface area contributed by atoms with Crippen LogP contribution in [0.2, 0.25) is 0 Å². The molecule has 0 N–H and O–H groups in total. The molecule has 0 unspecified atom stereocenters. The van der Waals surface area contributed by atoms with E-state index in [0.717, 1.165) is 46.8 Å². The largest absolute Gasteiger partial charge is 0.338 e. The molecule has 0 aliphatic carbocycles. The van der Waals surface area contributed by atoms with Crippen LogP contribution < -0.4 is 4.90 Å². The first-order valence-corrected chi connectivity index (χ1v) is 11.2. The lowest BCUT2D eigenvalue weighted by molar-refractivity contribution is -0.120. The van der Waals surface area contributed by atoms with Crippen molar-refractivity contribution in [1.29, 1.82) is 5.26 Å². The first kappa shape index (κ1) is 20.5. The molecule has 2 aromatic heterocycles. The van der Waals surface area contributed by atoms with E-state index in [9.17, 15) is 10.1 Å². The van der Waals surface area contributed by atoms with Crippen LogP contribution in [-0.2, 0) is 16.6 Å². The quantitative estimate of drug-likeness (QED) is 0.565. The topological polar surface area (TPSA) is 69.9 Å². The Hall–Kier alpha value is -2.78. The second kappa shape index (κ2) is 8.16.